The lowest BCUT2D eigenvalue weighted by atomic mass is 10.2. The molecule has 2 rings (SSSR count). The van der Waals surface area contributed by atoms with E-state index in [1.165, 1.54) is 0 Å². The largest absolute Gasteiger partial charge is 0.394 e. The number of nitrogens with one attached hydrogen (secondary N) is 1. The Balaban J connectivity index is 2.08. The van der Waals surface area contributed by atoms with Crippen molar-refractivity contribution < 1.29 is 14.6 Å². The van der Waals surface area contributed by atoms with Crippen molar-refractivity contribution >= 4 is 11.7 Å². The summed E-state index contributed by atoms with van der Waals surface area (Å²) in [5.41, 5.74) is 0.303. The molecule has 20 heavy (non-hydrogen) atoms. The second-order valence-corrected chi connectivity index (χ2v) is 4.78. The quantitative estimate of drug-likeness (QED) is 0.815. The zero-order chi connectivity index (χ0) is 14.5. The minimum atomic E-state index is -0.329. The Morgan fingerprint density at radius 3 is 2.95 bits per heavy atom. The number of nitrogens with zero attached hydrogens (tertiary/aromatic N) is 3. The van der Waals surface area contributed by atoms with Crippen LogP contribution in [0.25, 0.3) is 0 Å². The number of rotatable bonds is 4. The van der Waals surface area contributed by atoms with Crippen LogP contribution in [0.4, 0.5) is 5.82 Å². The number of ether oxygens (including phenoxy) is 1. The topological polar surface area (TPSA) is 87.6 Å². The summed E-state index contributed by atoms with van der Waals surface area (Å²) in [7, 11) is 0. The van der Waals surface area contributed by atoms with E-state index in [2.05, 4.69) is 15.5 Å². The summed E-state index contributed by atoms with van der Waals surface area (Å²) in [5.74, 6) is 0.460. The zero-order valence-electron chi connectivity index (χ0n) is 11.7. The summed E-state index contributed by atoms with van der Waals surface area (Å²) in [4.78, 5) is 14.1. The van der Waals surface area contributed by atoms with Crippen molar-refractivity contribution in [3.8, 4) is 0 Å². The molecule has 1 saturated heterocycles. The molecular formula is C13H20N4O3. The molecule has 1 aliphatic heterocycles. The number of hydrogen-bond donors (Lipinski definition) is 2. The third kappa shape index (κ3) is 3.23. The molecule has 2 atom stereocenters. The smallest absolute Gasteiger partial charge is 0.274 e. The van der Waals surface area contributed by atoms with Gasteiger partial charge in [-0.05, 0) is 26.0 Å². The van der Waals surface area contributed by atoms with Crippen molar-refractivity contribution in [2.45, 2.75) is 26.0 Å². The van der Waals surface area contributed by atoms with Gasteiger partial charge in [0.2, 0.25) is 0 Å². The number of morpholine rings is 1. The molecule has 1 fully saturated rings. The molecule has 0 bridgehead atoms. The second kappa shape index (κ2) is 6.62. The Morgan fingerprint density at radius 2 is 2.35 bits per heavy atom. The first-order valence-corrected chi connectivity index (χ1v) is 6.76. The minimum absolute atomic E-state index is 0.0412. The number of hydrogen-bond acceptors (Lipinski definition) is 6. The molecule has 1 aliphatic rings. The number of aliphatic hydroxyl groups is 1. The predicted octanol–water partition coefficient (Wildman–Crippen LogP) is 0.130. The van der Waals surface area contributed by atoms with Gasteiger partial charge >= 0.3 is 0 Å². The highest BCUT2D eigenvalue weighted by Crippen LogP contribution is 2.15. The zero-order valence-corrected chi connectivity index (χ0v) is 11.7. The summed E-state index contributed by atoms with van der Waals surface area (Å²) in [6.45, 7) is 5.31. The second-order valence-electron chi connectivity index (χ2n) is 4.78. The Labute approximate surface area is 117 Å². The van der Waals surface area contributed by atoms with Gasteiger partial charge in [0.25, 0.3) is 5.91 Å². The summed E-state index contributed by atoms with van der Waals surface area (Å²) in [6.07, 6.45) is -0.329. The van der Waals surface area contributed by atoms with Gasteiger partial charge in [0, 0.05) is 13.1 Å². The van der Waals surface area contributed by atoms with Crippen molar-refractivity contribution in [2.24, 2.45) is 0 Å². The average molecular weight is 280 g/mol. The van der Waals surface area contributed by atoms with Crippen LogP contribution < -0.4 is 5.32 Å². The van der Waals surface area contributed by atoms with Crippen LogP contribution in [0.5, 0.6) is 0 Å². The van der Waals surface area contributed by atoms with Gasteiger partial charge in [-0.3, -0.25) is 4.79 Å². The van der Waals surface area contributed by atoms with E-state index < -0.39 is 0 Å². The molecule has 0 aromatic carbocycles. The number of carbonyl (C=O) groups is 1. The molecule has 7 nitrogen and oxygen atoms in total. The maximum absolute atomic E-state index is 12.4. The molecular weight excluding hydrogens is 260 g/mol. The summed E-state index contributed by atoms with van der Waals surface area (Å²) in [6, 6.07) is 3.35. The Kier molecular flexibility index (Phi) is 4.86. The number of aliphatic hydroxyl groups excluding tert-OH is 1. The van der Waals surface area contributed by atoms with Gasteiger partial charge in [-0.25, -0.2) is 0 Å². The number of anilines is 1. The first-order chi connectivity index (χ1) is 9.65. The van der Waals surface area contributed by atoms with Gasteiger partial charge in [0.05, 0.1) is 25.4 Å². The van der Waals surface area contributed by atoms with Crippen LogP contribution in [-0.4, -0.2) is 64.6 Å². The first-order valence-electron chi connectivity index (χ1n) is 6.76. The molecule has 7 heteroatoms. The molecule has 1 aromatic rings. The average Bonchev–Trinajstić information content (AvgIpc) is 2.48. The fourth-order valence-electron chi connectivity index (χ4n) is 2.08. The van der Waals surface area contributed by atoms with Crippen molar-refractivity contribution in [3.05, 3.63) is 17.8 Å². The molecule has 0 radical (unpaired) electrons. The molecule has 2 unspecified atom stereocenters. The molecule has 1 aromatic heterocycles. The van der Waals surface area contributed by atoms with Crippen LogP contribution in [0.2, 0.25) is 0 Å². The van der Waals surface area contributed by atoms with Gasteiger partial charge in [-0.2, -0.15) is 0 Å². The van der Waals surface area contributed by atoms with E-state index in [-0.39, 0.29) is 24.7 Å². The van der Waals surface area contributed by atoms with E-state index in [0.717, 1.165) is 6.54 Å². The van der Waals surface area contributed by atoms with Gasteiger partial charge in [-0.1, -0.05) is 0 Å². The lowest BCUT2D eigenvalue weighted by molar-refractivity contribution is -0.0669. The third-order valence-corrected chi connectivity index (χ3v) is 3.21. The molecule has 1 amide bonds. The van der Waals surface area contributed by atoms with E-state index in [9.17, 15) is 4.79 Å². The lowest BCUT2D eigenvalue weighted by Gasteiger charge is -2.37. The molecule has 2 heterocycles. The molecule has 0 aliphatic carbocycles. The third-order valence-electron chi connectivity index (χ3n) is 3.21. The van der Waals surface area contributed by atoms with Gasteiger partial charge in [0.1, 0.15) is 5.82 Å². The highest BCUT2D eigenvalue weighted by atomic mass is 16.5. The van der Waals surface area contributed by atoms with Crippen LogP contribution in [-0.2, 0) is 4.74 Å². The standard InChI is InChI=1S/C13H20N4O3/c1-3-14-12-5-4-11(15-16-12)13(19)17-6-10(7-18)20-8-9(17)2/h4-5,9-10,18H,3,6-8H2,1-2H3,(H,14,16). The van der Waals surface area contributed by atoms with Crippen LogP contribution in [0.3, 0.4) is 0 Å². The molecule has 110 valence electrons. The van der Waals surface area contributed by atoms with E-state index >= 15 is 0 Å². The molecule has 2 N–H and O–H groups in total. The minimum Gasteiger partial charge on any atom is -0.394 e. The van der Waals surface area contributed by atoms with Crippen LogP contribution in [0.15, 0.2) is 12.1 Å². The Morgan fingerprint density at radius 1 is 1.55 bits per heavy atom. The van der Waals surface area contributed by atoms with Crippen LogP contribution >= 0.6 is 0 Å². The van der Waals surface area contributed by atoms with E-state index in [0.29, 0.717) is 24.7 Å². The highest BCUT2D eigenvalue weighted by Gasteiger charge is 2.30. The SMILES string of the molecule is CCNc1ccc(C(=O)N2CC(CO)OCC2C)nn1. The monoisotopic (exact) mass is 280 g/mol. The van der Waals surface area contributed by atoms with Crippen molar-refractivity contribution in [2.75, 3.05) is 31.6 Å². The van der Waals surface area contributed by atoms with Crippen molar-refractivity contribution in [3.63, 3.8) is 0 Å². The van der Waals surface area contributed by atoms with E-state index in [1.807, 2.05) is 13.8 Å². The summed E-state index contributed by atoms with van der Waals surface area (Å²) < 4.78 is 5.42. The van der Waals surface area contributed by atoms with Crippen molar-refractivity contribution in [1.29, 1.82) is 0 Å². The number of aromatic nitrogens is 2. The lowest BCUT2D eigenvalue weighted by Crippen LogP contribution is -2.52. The molecule has 0 spiro atoms. The number of amides is 1. The maximum Gasteiger partial charge on any atom is 0.274 e. The van der Waals surface area contributed by atoms with E-state index in [4.69, 9.17) is 9.84 Å². The number of carbonyl (C=O) groups excluding carboxylic acids is 1. The Hall–Kier alpha value is -1.73. The van der Waals surface area contributed by atoms with Gasteiger partial charge < -0.3 is 20.1 Å². The summed E-state index contributed by atoms with van der Waals surface area (Å²) in [5, 5.41) is 20.1. The maximum atomic E-state index is 12.4. The van der Waals surface area contributed by atoms with Crippen LogP contribution in [0.1, 0.15) is 24.3 Å². The first kappa shape index (κ1) is 14.7. The van der Waals surface area contributed by atoms with Crippen LogP contribution in [0, 0.1) is 0 Å². The van der Waals surface area contributed by atoms with Gasteiger partial charge in [-0.15, -0.1) is 10.2 Å². The highest BCUT2D eigenvalue weighted by molar-refractivity contribution is 5.92. The summed E-state index contributed by atoms with van der Waals surface area (Å²) >= 11 is 0. The Bertz CT molecular complexity index is 451. The fourth-order valence-corrected chi connectivity index (χ4v) is 2.08. The van der Waals surface area contributed by atoms with Gasteiger partial charge in [0.15, 0.2) is 5.69 Å². The normalized spacial score (nSPS) is 22.6. The fraction of sp³-hybridized carbons (Fsp3) is 0.615. The van der Waals surface area contributed by atoms with Crippen molar-refractivity contribution in [1.82, 2.24) is 15.1 Å². The van der Waals surface area contributed by atoms with E-state index in [1.54, 1.807) is 17.0 Å². The molecule has 0 saturated carbocycles. The predicted molar refractivity (Wildman–Crippen MR) is 73.5 cm³/mol.